The second-order valence-electron chi connectivity index (χ2n) is 3.50. The SMILES string of the molecule is C=CC(O)(CC)CC(O)(C=C)CC. The maximum atomic E-state index is 9.90. The van der Waals surface area contributed by atoms with Crippen molar-refractivity contribution < 1.29 is 10.2 Å². The van der Waals surface area contributed by atoms with Gasteiger partial charge >= 0.3 is 0 Å². The molecule has 0 aliphatic rings. The fourth-order valence-corrected chi connectivity index (χ4v) is 1.21. The monoisotopic (exact) mass is 184 g/mol. The molecule has 0 aromatic heterocycles. The summed E-state index contributed by atoms with van der Waals surface area (Å²) in [5.41, 5.74) is -1.97. The molecule has 0 rings (SSSR count). The lowest BCUT2D eigenvalue weighted by atomic mass is 9.84. The lowest BCUT2D eigenvalue weighted by Gasteiger charge is -2.32. The van der Waals surface area contributed by atoms with Crippen molar-refractivity contribution in [2.24, 2.45) is 0 Å². The van der Waals surface area contributed by atoms with Crippen molar-refractivity contribution in [3.63, 3.8) is 0 Å². The van der Waals surface area contributed by atoms with Crippen LogP contribution in [0, 0.1) is 0 Å². The zero-order valence-electron chi connectivity index (χ0n) is 8.58. The van der Waals surface area contributed by atoms with Gasteiger partial charge in [-0.1, -0.05) is 26.0 Å². The first-order valence-corrected chi connectivity index (χ1v) is 4.67. The zero-order chi connectivity index (χ0) is 10.5. The fraction of sp³-hybridized carbons (Fsp3) is 0.636. The summed E-state index contributed by atoms with van der Waals surface area (Å²) in [6.07, 6.45) is 4.33. The molecule has 2 nitrogen and oxygen atoms in total. The Morgan fingerprint density at radius 2 is 1.31 bits per heavy atom. The van der Waals surface area contributed by atoms with Crippen LogP contribution in [0.4, 0.5) is 0 Å². The highest BCUT2D eigenvalue weighted by atomic mass is 16.3. The fourth-order valence-electron chi connectivity index (χ4n) is 1.21. The van der Waals surface area contributed by atoms with Crippen molar-refractivity contribution in [2.45, 2.75) is 44.3 Å². The summed E-state index contributed by atoms with van der Waals surface area (Å²) in [6.45, 7) is 10.8. The minimum atomic E-state index is -0.987. The first-order valence-electron chi connectivity index (χ1n) is 4.67. The number of hydrogen-bond donors (Lipinski definition) is 2. The van der Waals surface area contributed by atoms with E-state index >= 15 is 0 Å². The van der Waals surface area contributed by atoms with E-state index in [4.69, 9.17) is 0 Å². The average Bonchev–Trinajstić information content (AvgIpc) is 2.17. The third-order valence-corrected chi connectivity index (χ3v) is 2.60. The summed E-state index contributed by atoms with van der Waals surface area (Å²) in [6, 6.07) is 0. The number of hydrogen-bond acceptors (Lipinski definition) is 2. The van der Waals surface area contributed by atoms with Gasteiger partial charge < -0.3 is 10.2 Å². The average molecular weight is 184 g/mol. The molecule has 2 unspecified atom stereocenters. The first-order chi connectivity index (χ1) is 5.95. The Morgan fingerprint density at radius 1 is 1.00 bits per heavy atom. The van der Waals surface area contributed by atoms with Gasteiger partial charge in [-0.05, 0) is 12.8 Å². The highest BCUT2D eigenvalue weighted by molar-refractivity contribution is 5.05. The molecule has 0 aliphatic carbocycles. The van der Waals surface area contributed by atoms with Gasteiger partial charge in [0.15, 0.2) is 0 Å². The first kappa shape index (κ1) is 12.4. The summed E-state index contributed by atoms with van der Waals surface area (Å²) in [7, 11) is 0. The van der Waals surface area contributed by atoms with E-state index in [0.29, 0.717) is 12.8 Å². The normalized spacial score (nSPS) is 20.0. The van der Waals surface area contributed by atoms with E-state index in [1.54, 1.807) is 0 Å². The molecule has 2 heteroatoms. The molecule has 13 heavy (non-hydrogen) atoms. The van der Waals surface area contributed by atoms with Crippen LogP contribution < -0.4 is 0 Å². The smallest absolute Gasteiger partial charge is 0.0853 e. The van der Waals surface area contributed by atoms with Crippen molar-refractivity contribution in [3.8, 4) is 0 Å². The van der Waals surface area contributed by atoms with E-state index in [2.05, 4.69) is 13.2 Å². The van der Waals surface area contributed by atoms with E-state index < -0.39 is 11.2 Å². The van der Waals surface area contributed by atoms with Crippen LogP contribution in [0.3, 0.4) is 0 Å². The van der Waals surface area contributed by atoms with Crippen molar-refractivity contribution in [2.75, 3.05) is 0 Å². The molecule has 2 N–H and O–H groups in total. The number of rotatable bonds is 6. The molecule has 0 saturated heterocycles. The second-order valence-corrected chi connectivity index (χ2v) is 3.50. The van der Waals surface area contributed by atoms with E-state index in [1.807, 2.05) is 13.8 Å². The molecule has 0 aromatic rings. The molecule has 0 aliphatic heterocycles. The van der Waals surface area contributed by atoms with E-state index in [9.17, 15) is 10.2 Å². The van der Waals surface area contributed by atoms with Crippen LogP contribution in [-0.4, -0.2) is 21.4 Å². The molecule has 0 aromatic carbocycles. The Hall–Kier alpha value is -0.600. The molecule has 0 fully saturated rings. The van der Waals surface area contributed by atoms with E-state index in [0.717, 1.165) is 0 Å². The largest absolute Gasteiger partial charge is 0.386 e. The third kappa shape index (κ3) is 3.33. The Labute approximate surface area is 80.6 Å². The summed E-state index contributed by atoms with van der Waals surface area (Å²) in [4.78, 5) is 0. The van der Waals surface area contributed by atoms with Crippen LogP contribution in [0.1, 0.15) is 33.1 Å². The molecule has 2 atom stereocenters. The minimum Gasteiger partial charge on any atom is -0.386 e. The topological polar surface area (TPSA) is 40.5 Å². The van der Waals surface area contributed by atoms with Crippen LogP contribution in [0.25, 0.3) is 0 Å². The highest BCUT2D eigenvalue weighted by Gasteiger charge is 2.32. The third-order valence-electron chi connectivity index (χ3n) is 2.60. The molecular formula is C11H20O2. The Bertz CT molecular complexity index is 169. The van der Waals surface area contributed by atoms with Gasteiger partial charge in [-0.2, -0.15) is 0 Å². The van der Waals surface area contributed by atoms with Gasteiger partial charge in [-0.3, -0.25) is 0 Å². The van der Waals surface area contributed by atoms with Crippen molar-refractivity contribution in [1.82, 2.24) is 0 Å². The molecule has 76 valence electrons. The molecule has 0 amide bonds. The van der Waals surface area contributed by atoms with Gasteiger partial charge in [0.05, 0.1) is 11.2 Å². The van der Waals surface area contributed by atoms with Crippen LogP contribution in [0.5, 0.6) is 0 Å². The lowest BCUT2D eigenvalue weighted by molar-refractivity contribution is -0.0157. The van der Waals surface area contributed by atoms with Gasteiger partial charge in [0.2, 0.25) is 0 Å². The van der Waals surface area contributed by atoms with Crippen LogP contribution in [0.2, 0.25) is 0 Å². The zero-order valence-corrected chi connectivity index (χ0v) is 8.58. The van der Waals surface area contributed by atoms with Crippen LogP contribution >= 0.6 is 0 Å². The minimum absolute atomic E-state index is 0.264. The standard InChI is InChI=1S/C11H20O2/c1-5-10(12,6-2)9-11(13,7-3)8-4/h5,7,12-13H,1,3,6,8-9H2,2,4H3. The van der Waals surface area contributed by atoms with Gasteiger partial charge in [-0.25, -0.2) is 0 Å². The lowest BCUT2D eigenvalue weighted by Crippen LogP contribution is -2.38. The molecule has 0 heterocycles. The van der Waals surface area contributed by atoms with Crippen molar-refractivity contribution in [1.29, 1.82) is 0 Å². The van der Waals surface area contributed by atoms with Crippen molar-refractivity contribution in [3.05, 3.63) is 25.3 Å². The van der Waals surface area contributed by atoms with Crippen LogP contribution in [-0.2, 0) is 0 Å². The highest BCUT2D eigenvalue weighted by Crippen LogP contribution is 2.27. The van der Waals surface area contributed by atoms with Gasteiger partial charge in [0, 0.05) is 6.42 Å². The van der Waals surface area contributed by atoms with Gasteiger partial charge in [0.25, 0.3) is 0 Å². The summed E-state index contributed by atoms with van der Waals surface area (Å²) < 4.78 is 0. The predicted molar refractivity (Wildman–Crippen MR) is 55.5 cm³/mol. The Kier molecular flexibility index (Phi) is 4.37. The molecule has 0 spiro atoms. The quantitative estimate of drug-likeness (QED) is 0.620. The molecular weight excluding hydrogens is 164 g/mol. The summed E-state index contributed by atoms with van der Waals surface area (Å²) in [5, 5.41) is 19.8. The predicted octanol–water partition coefficient (Wildman–Crippen LogP) is 2.03. The Balaban J connectivity index is 4.54. The molecule has 0 bridgehead atoms. The Morgan fingerprint density at radius 3 is 1.46 bits per heavy atom. The van der Waals surface area contributed by atoms with Crippen molar-refractivity contribution >= 4 is 0 Å². The molecule has 0 radical (unpaired) electrons. The summed E-state index contributed by atoms with van der Waals surface area (Å²) in [5.74, 6) is 0. The van der Waals surface area contributed by atoms with E-state index in [-0.39, 0.29) is 6.42 Å². The second kappa shape index (κ2) is 4.58. The summed E-state index contributed by atoms with van der Waals surface area (Å²) >= 11 is 0. The number of aliphatic hydroxyl groups is 2. The van der Waals surface area contributed by atoms with Gasteiger partial charge in [0.1, 0.15) is 0 Å². The van der Waals surface area contributed by atoms with Gasteiger partial charge in [-0.15, -0.1) is 13.2 Å². The molecule has 0 saturated carbocycles. The maximum Gasteiger partial charge on any atom is 0.0853 e. The van der Waals surface area contributed by atoms with Crippen LogP contribution in [0.15, 0.2) is 25.3 Å². The maximum absolute atomic E-state index is 9.90. The van der Waals surface area contributed by atoms with E-state index in [1.165, 1.54) is 12.2 Å².